The van der Waals surface area contributed by atoms with Crippen LogP contribution < -0.4 is 10.5 Å². The van der Waals surface area contributed by atoms with Gasteiger partial charge in [0.25, 0.3) is 0 Å². The van der Waals surface area contributed by atoms with Gasteiger partial charge in [-0.2, -0.15) is 5.26 Å². The predicted octanol–water partition coefficient (Wildman–Crippen LogP) is 2.50. The molecular weight excluding hydrogens is 323 g/mol. The first-order valence-corrected chi connectivity index (χ1v) is 7.44. The van der Waals surface area contributed by atoms with Gasteiger partial charge in [-0.15, -0.1) is 0 Å². The zero-order valence-corrected chi connectivity index (χ0v) is 13.7. The van der Waals surface area contributed by atoms with Crippen molar-refractivity contribution in [3.8, 4) is 11.8 Å². The number of benzene rings is 2. The lowest BCUT2D eigenvalue weighted by atomic mass is 9.73. The van der Waals surface area contributed by atoms with Crippen LogP contribution in [0.2, 0.25) is 0 Å². The predicted molar refractivity (Wildman–Crippen MR) is 88.9 cm³/mol. The molecule has 1 unspecified atom stereocenters. The number of carbonyl (C=O) groups excluding carboxylic acids is 1. The second-order valence-electron chi connectivity index (χ2n) is 5.56. The van der Waals surface area contributed by atoms with E-state index in [0.717, 1.165) is 0 Å². The van der Waals surface area contributed by atoms with E-state index in [2.05, 4.69) is 6.07 Å². The Bertz CT molecular complexity index is 929. The molecule has 2 aromatic carbocycles. The van der Waals surface area contributed by atoms with Crippen molar-refractivity contribution in [2.24, 2.45) is 5.73 Å². The SMILES string of the molecule is COC(=O)C1=C(N)c2cc(OC)ccc2C1(C#N)c1ccc(F)cc1. The second-order valence-corrected chi connectivity index (χ2v) is 5.56. The molecule has 1 atom stereocenters. The minimum atomic E-state index is -1.48. The van der Waals surface area contributed by atoms with E-state index in [1.54, 1.807) is 18.2 Å². The van der Waals surface area contributed by atoms with Crippen LogP contribution in [0.5, 0.6) is 5.75 Å². The Kier molecular flexibility index (Phi) is 3.93. The minimum Gasteiger partial charge on any atom is -0.497 e. The summed E-state index contributed by atoms with van der Waals surface area (Å²) in [6.07, 6.45) is 0. The van der Waals surface area contributed by atoms with Gasteiger partial charge in [-0.05, 0) is 35.4 Å². The second kappa shape index (κ2) is 5.95. The molecule has 25 heavy (non-hydrogen) atoms. The summed E-state index contributed by atoms with van der Waals surface area (Å²) in [6.45, 7) is 0. The Balaban J connectivity index is 2.38. The number of fused-ring (bicyclic) bond motifs is 1. The number of methoxy groups -OCH3 is 2. The third kappa shape index (κ3) is 2.24. The Labute approximate surface area is 144 Å². The number of nitrogens with zero attached hydrogens (tertiary/aromatic N) is 1. The third-order valence-corrected chi connectivity index (χ3v) is 4.40. The number of hydrogen-bond acceptors (Lipinski definition) is 5. The van der Waals surface area contributed by atoms with Crippen molar-refractivity contribution < 1.29 is 18.7 Å². The van der Waals surface area contributed by atoms with E-state index in [1.807, 2.05) is 0 Å². The molecule has 5 nitrogen and oxygen atoms in total. The monoisotopic (exact) mass is 338 g/mol. The molecule has 0 saturated heterocycles. The number of esters is 1. The molecule has 1 aliphatic rings. The van der Waals surface area contributed by atoms with Crippen LogP contribution in [0, 0.1) is 17.1 Å². The van der Waals surface area contributed by atoms with Crippen molar-refractivity contribution in [1.82, 2.24) is 0 Å². The van der Waals surface area contributed by atoms with Gasteiger partial charge in [0.05, 0.1) is 31.6 Å². The zero-order chi connectivity index (χ0) is 18.2. The van der Waals surface area contributed by atoms with Gasteiger partial charge < -0.3 is 15.2 Å². The number of rotatable bonds is 3. The van der Waals surface area contributed by atoms with E-state index in [4.69, 9.17) is 15.2 Å². The maximum Gasteiger partial charge on any atom is 0.338 e. The van der Waals surface area contributed by atoms with Gasteiger partial charge in [0, 0.05) is 5.56 Å². The molecule has 0 fully saturated rings. The van der Waals surface area contributed by atoms with Crippen LogP contribution in [0.3, 0.4) is 0 Å². The van der Waals surface area contributed by atoms with Crippen molar-refractivity contribution in [3.63, 3.8) is 0 Å². The van der Waals surface area contributed by atoms with Gasteiger partial charge in [-0.1, -0.05) is 18.2 Å². The Morgan fingerprint density at radius 3 is 2.44 bits per heavy atom. The standard InChI is InChI=1S/C19H15FN2O3/c1-24-13-7-8-15-14(9-13)17(22)16(18(23)25-2)19(15,10-21)11-3-5-12(20)6-4-11/h3-9H,22H2,1-2H3. The van der Waals surface area contributed by atoms with E-state index in [0.29, 0.717) is 22.4 Å². The smallest absolute Gasteiger partial charge is 0.338 e. The van der Waals surface area contributed by atoms with Gasteiger partial charge in [0.1, 0.15) is 17.0 Å². The highest BCUT2D eigenvalue weighted by atomic mass is 19.1. The number of carbonyl (C=O) groups is 1. The molecule has 6 heteroatoms. The Morgan fingerprint density at radius 1 is 1.20 bits per heavy atom. The fourth-order valence-electron chi connectivity index (χ4n) is 3.22. The maximum atomic E-state index is 13.4. The van der Waals surface area contributed by atoms with Crippen LogP contribution in [-0.2, 0) is 14.9 Å². The number of hydrogen-bond donors (Lipinski definition) is 1. The summed E-state index contributed by atoms with van der Waals surface area (Å²) in [5.74, 6) is -0.612. The highest BCUT2D eigenvalue weighted by Crippen LogP contribution is 2.49. The lowest BCUT2D eigenvalue weighted by Gasteiger charge is -2.25. The van der Waals surface area contributed by atoms with E-state index in [1.165, 1.54) is 38.5 Å². The zero-order valence-electron chi connectivity index (χ0n) is 13.7. The van der Waals surface area contributed by atoms with Crippen molar-refractivity contribution >= 4 is 11.7 Å². The minimum absolute atomic E-state index is 0.0207. The van der Waals surface area contributed by atoms with Gasteiger partial charge in [-0.3, -0.25) is 0 Å². The van der Waals surface area contributed by atoms with Gasteiger partial charge in [-0.25, -0.2) is 9.18 Å². The van der Waals surface area contributed by atoms with Gasteiger partial charge >= 0.3 is 5.97 Å². The van der Waals surface area contributed by atoms with Crippen LogP contribution in [0.1, 0.15) is 16.7 Å². The fourth-order valence-corrected chi connectivity index (χ4v) is 3.22. The largest absolute Gasteiger partial charge is 0.497 e. The third-order valence-electron chi connectivity index (χ3n) is 4.40. The molecule has 0 bridgehead atoms. The highest BCUT2D eigenvalue weighted by molar-refractivity contribution is 6.05. The van der Waals surface area contributed by atoms with Crippen molar-refractivity contribution in [3.05, 3.63) is 70.5 Å². The van der Waals surface area contributed by atoms with E-state index in [9.17, 15) is 14.4 Å². The van der Waals surface area contributed by atoms with Crippen LogP contribution in [0.15, 0.2) is 48.0 Å². The maximum absolute atomic E-state index is 13.4. The summed E-state index contributed by atoms with van der Waals surface area (Å²) < 4.78 is 23.4. The van der Waals surface area contributed by atoms with Crippen molar-refractivity contribution in [2.75, 3.05) is 14.2 Å². The summed E-state index contributed by atoms with van der Waals surface area (Å²) in [5, 5.41) is 10.1. The van der Waals surface area contributed by atoms with E-state index >= 15 is 0 Å². The lowest BCUT2D eigenvalue weighted by molar-refractivity contribution is -0.136. The molecular formula is C19H15FN2O3. The molecule has 1 aliphatic carbocycles. The summed E-state index contributed by atoms with van der Waals surface area (Å²) >= 11 is 0. The molecule has 0 aromatic heterocycles. The Morgan fingerprint density at radius 2 is 1.88 bits per heavy atom. The van der Waals surface area contributed by atoms with Crippen molar-refractivity contribution in [1.29, 1.82) is 5.26 Å². The first kappa shape index (κ1) is 16.5. The van der Waals surface area contributed by atoms with E-state index < -0.39 is 17.2 Å². The number of nitrogens with two attached hydrogens (primary N) is 1. The molecule has 2 N–H and O–H groups in total. The summed E-state index contributed by atoms with van der Waals surface area (Å²) in [5.41, 5.74) is 6.37. The lowest BCUT2D eigenvalue weighted by Crippen LogP contribution is -2.31. The molecule has 126 valence electrons. The first-order valence-electron chi connectivity index (χ1n) is 7.44. The molecule has 0 spiro atoms. The van der Waals surface area contributed by atoms with Crippen LogP contribution in [0.4, 0.5) is 4.39 Å². The highest BCUT2D eigenvalue weighted by Gasteiger charge is 2.50. The number of halogens is 1. The first-order chi connectivity index (χ1) is 12.0. The molecule has 0 saturated carbocycles. The molecule has 0 radical (unpaired) electrons. The van der Waals surface area contributed by atoms with Gasteiger partial charge in [0.15, 0.2) is 0 Å². The topological polar surface area (TPSA) is 85.3 Å². The molecule has 0 amide bonds. The van der Waals surface area contributed by atoms with Crippen LogP contribution in [-0.4, -0.2) is 20.2 Å². The quantitative estimate of drug-likeness (QED) is 0.869. The average Bonchev–Trinajstić information content (AvgIpc) is 2.90. The Hall–Kier alpha value is -3.33. The number of ether oxygens (including phenoxy) is 2. The van der Waals surface area contributed by atoms with Gasteiger partial charge in [0.2, 0.25) is 0 Å². The molecule has 0 aliphatic heterocycles. The summed E-state index contributed by atoms with van der Waals surface area (Å²) in [6, 6.07) is 12.6. The summed E-state index contributed by atoms with van der Waals surface area (Å²) in [7, 11) is 2.73. The summed E-state index contributed by atoms with van der Waals surface area (Å²) in [4.78, 5) is 12.4. The molecule has 0 heterocycles. The molecule has 3 rings (SSSR count). The normalized spacial score (nSPS) is 18.5. The number of nitriles is 1. The van der Waals surface area contributed by atoms with Crippen LogP contribution in [0.25, 0.3) is 5.70 Å². The van der Waals surface area contributed by atoms with Crippen LogP contribution >= 0.6 is 0 Å². The van der Waals surface area contributed by atoms with E-state index in [-0.39, 0.29) is 11.3 Å². The molecule has 2 aromatic rings. The van der Waals surface area contributed by atoms with Crippen molar-refractivity contribution in [2.45, 2.75) is 5.41 Å². The average molecular weight is 338 g/mol. The fraction of sp³-hybridized carbons (Fsp3) is 0.158.